The first-order valence-corrected chi connectivity index (χ1v) is 10.6. The molecule has 0 spiro atoms. The Balaban J connectivity index is 1.82. The molecule has 0 bridgehead atoms. The van der Waals surface area contributed by atoms with Gasteiger partial charge in [0.25, 0.3) is 0 Å². The Bertz CT molecular complexity index is 1280. The summed E-state index contributed by atoms with van der Waals surface area (Å²) in [4.78, 5) is 16.3. The molecule has 2 N–H and O–H groups in total. The number of amides is 1. The molecule has 0 aliphatic carbocycles. The molecule has 4 aromatic rings. The lowest BCUT2D eigenvalue weighted by atomic mass is 9.94. The number of phenolic OH excluding ortho intramolecular Hbond substituents is 1. The van der Waals surface area contributed by atoms with Gasteiger partial charge in [-0.1, -0.05) is 65.7 Å². The van der Waals surface area contributed by atoms with E-state index < -0.39 is 6.23 Å². The molecule has 1 unspecified atom stereocenters. The van der Waals surface area contributed by atoms with Gasteiger partial charge in [0.1, 0.15) is 11.3 Å². The average molecular weight is 447 g/mol. The number of hydrogen-bond donors (Lipinski definition) is 2. The molecule has 0 aliphatic rings. The number of ether oxygens (including phenoxy) is 1. The maximum atomic E-state index is 12.0. The summed E-state index contributed by atoms with van der Waals surface area (Å²) in [6.45, 7) is 3.72. The molecule has 4 rings (SSSR count). The number of aromatic nitrogens is 1. The molecule has 1 heterocycles. The van der Waals surface area contributed by atoms with Crippen LogP contribution in [0.25, 0.3) is 22.0 Å². The van der Waals surface area contributed by atoms with Crippen molar-refractivity contribution in [3.63, 3.8) is 0 Å². The molecular weight excluding hydrogens is 424 g/mol. The molecule has 5 nitrogen and oxygen atoms in total. The zero-order valence-electron chi connectivity index (χ0n) is 17.8. The van der Waals surface area contributed by atoms with Crippen LogP contribution in [0.4, 0.5) is 0 Å². The minimum absolute atomic E-state index is 0.0292. The van der Waals surface area contributed by atoms with E-state index >= 15 is 0 Å². The number of nitrogens with one attached hydrogen (secondary N) is 1. The van der Waals surface area contributed by atoms with Crippen molar-refractivity contribution in [3.05, 3.63) is 94.6 Å². The number of aryl methyl sites for hydroxylation is 1. The van der Waals surface area contributed by atoms with E-state index in [4.69, 9.17) is 16.3 Å². The van der Waals surface area contributed by atoms with Crippen LogP contribution in [0, 0.1) is 6.92 Å². The number of fused-ring (bicyclic) bond motifs is 1. The average Bonchev–Trinajstić information content (AvgIpc) is 2.79. The third kappa shape index (κ3) is 4.59. The van der Waals surface area contributed by atoms with Crippen molar-refractivity contribution >= 4 is 28.4 Å². The van der Waals surface area contributed by atoms with Gasteiger partial charge in [-0.2, -0.15) is 0 Å². The van der Waals surface area contributed by atoms with Crippen molar-refractivity contribution in [3.8, 4) is 16.9 Å². The zero-order valence-corrected chi connectivity index (χ0v) is 18.6. The number of aromatic hydroxyl groups is 1. The summed E-state index contributed by atoms with van der Waals surface area (Å²) < 4.78 is 6.12. The lowest BCUT2D eigenvalue weighted by molar-refractivity contribution is -0.124. The second kappa shape index (κ2) is 9.39. The molecule has 1 atom stereocenters. The first-order valence-electron chi connectivity index (χ1n) is 10.2. The highest BCUT2D eigenvalue weighted by molar-refractivity contribution is 6.36. The number of carbonyl (C=O) groups is 1. The third-order valence-electron chi connectivity index (χ3n) is 5.19. The summed E-state index contributed by atoms with van der Waals surface area (Å²) in [6.07, 6.45) is 0.892. The lowest BCUT2D eigenvalue weighted by Crippen LogP contribution is -2.28. The molecule has 0 aliphatic heterocycles. The van der Waals surface area contributed by atoms with Gasteiger partial charge in [0.15, 0.2) is 6.23 Å². The fourth-order valence-corrected chi connectivity index (χ4v) is 3.93. The smallest absolute Gasteiger partial charge is 0.219 e. The molecule has 0 fully saturated rings. The monoisotopic (exact) mass is 446 g/mol. The van der Waals surface area contributed by atoms with Crippen LogP contribution in [-0.4, -0.2) is 16.0 Å². The van der Waals surface area contributed by atoms with Crippen molar-refractivity contribution in [1.29, 1.82) is 0 Å². The summed E-state index contributed by atoms with van der Waals surface area (Å²) in [7, 11) is 0. The second-order valence-corrected chi connectivity index (χ2v) is 8.03. The topological polar surface area (TPSA) is 71.5 Å². The molecule has 3 aromatic carbocycles. The van der Waals surface area contributed by atoms with E-state index in [1.165, 1.54) is 6.92 Å². The first kappa shape index (κ1) is 21.8. The number of phenols is 1. The quantitative estimate of drug-likeness (QED) is 0.360. The van der Waals surface area contributed by atoms with Gasteiger partial charge in [0, 0.05) is 29.6 Å². The van der Waals surface area contributed by atoms with Gasteiger partial charge >= 0.3 is 0 Å². The molecular formula is C26H23ClN2O3. The van der Waals surface area contributed by atoms with Crippen LogP contribution in [0.2, 0.25) is 5.02 Å². The fourth-order valence-electron chi connectivity index (χ4n) is 3.67. The van der Waals surface area contributed by atoms with Crippen LogP contribution < -0.4 is 5.32 Å². The normalized spacial score (nSPS) is 12.0. The number of halogens is 1. The van der Waals surface area contributed by atoms with Gasteiger partial charge in [-0.15, -0.1) is 0 Å². The van der Waals surface area contributed by atoms with Crippen LogP contribution in [0.15, 0.2) is 72.9 Å². The number of hydrogen-bond acceptors (Lipinski definition) is 4. The van der Waals surface area contributed by atoms with Crippen LogP contribution in [0.1, 0.15) is 29.8 Å². The number of carbonyl (C=O) groups excluding carboxylic acids is 1. The minimum atomic E-state index is -0.721. The molecule has 162 valence electrons. The van der Waals surface area contributed by atoms with E-state index in [-0.39, 0.29) is 11.7 Å². The van der Waals surface area contributed by atoms with E-state index in [0.29, 0.717) is 39.2 Å². The predicted octanol–water partition coefficient (Wildman–Crippen LogP) is 5.92. The van der Waals surface area contributed by atoms with Crippen LogP contribution in [0.3, 0.4) is 0 Å². The standard InChI is InChI=1S/C26H23ClN2O3/c1-16-10-11-19(26(29-17(2)30)32-15-18-7-4-3-5-8-18)21(13-16)22-14-23(27)20-9-6-12-28-24(20)25(22)31/h3-14,26,31H,15H2,1-2H3,(H,29,30). The Hall–Kier alpha value is -3.41. The first-order chi connectivity index (χ1) is 15.4. The highest BCUT2D eigenvalue weighted by Gasteiger charge is 2.22. The molecule has 1 aromatic heterocycles. The Morgan fingerprint density at radius 3 is 2.62 bits per heavy atom. The Kier molecular flexibility index (Phi) is 6.40. The van der Waals surface area contributed by atoms with Crippen LogP contribution in [0.5, 0.6) is 5.75 Å². The van der Waals surface area contributed by atoms with Crippen molar-refractivity contribution in [1.82, 2.24) is 10.3 Å². The van der Waals surface area contributed by atoms with E-state index in [9.17, 15) is 9.90 Å². The highest BCUT2D eigenvalue weighted by Crippen LogP contribution is 2.42. The van der Waals surface area contributed by atoms with Crippen molar-refractivity contribution in [2.24, 2.45) is 0 Å². The predicted molar refractivity (Wildman–Crippen MR) is 126 cm³/mol. The number of nitrogens with zero attached hydrogens (tertiary/aromatic N) is 1. The zero-order chi connectivity index (χ0) is 22.7. The van der Waals surface area contributed by atoms with E-state index in [2.05, 4.69) is 10.3 Å². The minimum Gasteiger partial charge on any atom is -0.505 e. The summed E-state index contributed by atoms with van der Waals surface area (Å²) >= 11 is 6.53. The Labute approximate surface area is 191 Å². The number of benzene rings is 3. The van der Waals surface area contributed by atoms with Gasteiger partial charge in [0.05, 0.1) is 11.6 Å². The van der Waals surface area contributed by atoms with Crippen LogP contribution >= 0.6 is 11.6 Å². The SMILES string of the molecule is CC(=O)NC(OCc1ccccc1)c1ccc(C)cc1-c1cc(Cl)c2cccnc2c1O. The summed E-state index contributed by atoms with van der Waals surface area (Å²) in [6, 6.07) is 20.8. The van der Waals surface area contributed by atoms with Gasteiger partial charge < -0.3 is 15.2 Å². The number of rotatable bonds is 6. The summed E-state index contributed by atoms with van der Waals surface area (Å²) in [5, 5.41) is 15.1. The molecule has 6 heteroatoms. The summed E-state index contributed by atoms with van der Waals surface area (Å²) in [5.41, 5.74) is 4.34. The largest absolute Gasteiger partial charge is 0.505 e. The fraction of sp³-hybridized carbons (Fsp3) is 0.154. The van der Waals surface area contributed by atoms with Gasteiger partial charge in [0.2, 0.25) is 5.91 Å². The van der Waals surface area contributed by atoms with Crippen molar-refractivity contribution in [2.75, 3.05) is 0 Å². The molecule has 0 saturated carbocycles. The van der Waals surface area contributed by atoms with Gasteiger partial charge in [-0.25, -0.2) is 0 Å². The lowest BCUT2D eigenvalue weighted by Gasteiger charge is -2.23. The van der Waals surface area contributed by atoms with Crippen molar-refractivity contribution in [2.45, 2.75) is 26.7 Å². The molecule has 0 radical (unpaired) electrons. The summed E-state index contributed by atoms with van der Waals surface area (Å²) in [5.74, 6) is -0.196. The second-order valence-electron chi connectivity index (χ2n) is 7.62. The Morgan fingerprint density at radius 1 is 1.09 bits per heavy atom. The van der Waals surface area contributed by atoms with Gasteiger partial charge in [-0.05, 0) is 36.2 Å². The van der Waals surface area contributed by atoms with E-state index in [1.54, 1.807) is 18.3 Å². The van der Waals surface area contributed by atoms with Crippen molar-refractivity contribution < 1.29 is 14.6 Å². The van der Waals surface area contributed by atoms with E-state index in [1.807, 2.05) is 61.5 Å². The van der Waals surface area contributed by atoms with E-state index in [0.717, 1.165) is 11.1 Å². The van der Waals surface area contributed by atoms with Gasteiger partial charge in [-0.3, -0.25) is 9.78 Å². The van der Waals surface area contributed by atoms with Crippen LogP contribution in [-0.2, 0) is 16.1 Å². The third-order valence-corrected chi connectivity index (χ3v) is 5.50. The highest BCUT2D eigenvalue weighted by atomic mass is 35.5. The molecule has 0 saturated heterocycles. The number of pyridine rings is 1. The Morgan fingerprint density at radius 2 is 1.88 bits per heavy atom. The maximum Gasteiger partial charge on any atom is 0.219 e. The molecule has 32 heavy (non-hydrogen) atoms. The molecule has 1 amide bonds. The maximum absolute atomic E-state index is 12.0.